The molecule has 0 saturated heterocycles. The van der Waals surface area contributed by atoms with Crippen LogP contribution < -0.4 is 0 Å². The van der Waals surface area contributed by atoms with Crippen molar-refractivity contribution in [1.29, 1.82) is 0 Å². The highest BCUT2D eigenvalue weighted by Gasteiger charge is 2.34. The standard InChI is InChI=1S/C17H21NO2/c1-3-20-17(19)13-10-15-14-7-5-4-6-12(14)8-9-16(15)18(2)11-13/h4-7,10,13,16H,3,8-9,11H2,1-2H3/t13-,16-/m1/s1. The van der Waals surface area contributed by atoms with Crippen molar-refractivity contribution in [3.05, 3.63) is 41.5 Å². The van der Waals surface area contributed by atoms with Gasteiger partial charge in [0.05, 0.1) is 12.5 Å². The summed E-state index contributed by atoms with van der Waals surface area (Å²) >= 11 is 0. The Morgan fingerprint density at radius 1 is 1.40 bits per heavy atom. The highest BCUT2D eigenvalue weighted by Crippen LogP contribution is 2.37. The number of carbonyl (C=O) groups excluding carboxylic acids is 1. The first-order valence-electron chi connectivity index (χ1n) is 7.37. The molecule has 0 amide bonds. The average Bonchev–Trinajstić information content (AvgIpc) is 2.47. The maximum atomic E-state index is 12.0. The highest BCUT2D eigenvalue weighted by molar-refractivity contribution is 5.82. The Bertz CT molecular complexity index is 550. The first-order valence-corrected chi connectivity index (χ1v) is 7.37. The minimum absolute atomic E-state index is 0.103. The lowest BCUT2D eigenvalue weighted by Gasteiger charge is -2.40. The number of rotatable bonds is 2. The zero-order chi connectivity index (χ0) is 14.1. The van der Waals surface area contributed by atoms with Gasteiger partial charge in [0.2, 0.25) is 0 Å². The molecule has 2 atom stereocenters. The lowest BCUT2D eigenvalue weighted by molar-refractivity contribution is -0.147. The number of nitrogens with zero attached hydrogens (tertiary/aromatic N) is 1. The molecule has 0 saturated carbocycles. The number of likely N-dealkylation sites (N-methyl/N-ethyl adjacent to an activating group) is 1. The van der Waals surface area contributed by atoms with Gasteiger partial charge < -0.3 is 4.74 Å². The van der Waals surface area contributed by atoms with Gasteiger partial charge in [-0.25, -0.2) is 0 Å². The van der Waals surface area contributed by atoms with Crippen LogP contribution in [0, 0.1) is 5.92 Å². The van der Waals surface area contributed by atoms with Gasteiger partial charge in [-0.15, -0.1) is 0 Å². The minimum atomic E-state index is -0.141. The summed E-state index contributed by atoms with van der Waals surface area (Å²) in [7, 11) is 2.11. The van der Waals surface area contributed by atoms with Gasteiger partial charge in [0, 0.05) is 12.6 Å². The Balaban J connectivity index is 1.98. The molecule has 20 heavy (non-hydrogen) atoms. The Kier molecular flexibility index (Phi) is 3.62. The Morgan fingerprint density at radius 3 is 3.00 bits per heavy atom. The zero-order valence-electron chi connectivity index (χ0n) is 12.1. The summed E-state index contributed by atoms with van der Waals surface area (Å²) in [5, 5.41) is 0. The Hall–Kier alpha value is -1.61. The van der Waals surface area contributed by atoms with E-state index in [1.165, 1.54) is 16.7 Å². The molecule has 1 aromatic rings. The fourth-order valence-electron chi connectivity index (χ4n) is 3.40. The van der Waals surface area contributed by atoms with Gasteiger partial charge in [0.15, 0.2) is 0 Å². The molecule has 0 fully saturated rings. The summed E-state index contributed by atoms with van der Waals surface area (Å²) < 4.78 is 5.19. The van der Waals surface area contributed by atoms with Crippen LogP contribution in [0.5, 0.6) is 0 Å². The fourth-order valence-corrected chi connectivity index (χ4v) is 3.40. The molecular formula is C17H21NO2. The number of hydrogen-bond acceptors (Lipinski definition) is 3. The summed E-state index contributed by atoms with van der Waals surface area (Å²) in [5.41, 5.74) is 4.01. The van der Waals surface area contributed by atoms with E-state index in [2.05, 4.69) is 42.3 Å². The lowest BCUT2D eigenvalue weighted by atomic mass is 9.79. The van der Waals surface area contributed by atoms with Crippen LogP contribution in [0.3, 0.4) is 0 Å². The Morgan fingerprint density at radius 2 is 2.20 bits per heavy atom. The van der Waals surface area contributed by atoms with Crippen LogP contribution in [0.15, 0.2) is 30.3 Å². The summed E-state index contributed by atoms with van der Waals surface area (Å²) in [4.78, 5) is 14.3. The number of fused-ring (bicyclic) bond motifs is 3. The molecule has 3 nitrogen and oxygen atoms in total. The van der Waals surface area contributed by atoms with Crippen molar-refractivity contribution in [3.8, 4) is 0 Å². The number of carbonyl (C=O) groups is 1. The van der Waals surface area contributed by atoms with Crippen molar-refractivity contribution in [2.75, 3.05) is 20.2 Å². The van der Waals surface area contributed by atoms with Crippen LogP contribution in [-0.4, -0.2) is 37.1 Å². The molecule has 1 heterocycles. The predicted octanol–water partition coefficient (Wildman–Crippen LogP) is 2.51. The summed E-state index contributed by atoms with van der Waals surface area (Å²) in [6, 6.07) is 8.98. The van der Waals surface area contributed by atoms with Crippen LogP contribution in [0.1, 0.15) is 24.5 Å². The largest absolute Gasteiger partial charge is 0.466 e. The van der Waals surface area contributed by atoms with E-state index < -0.39 is 0 Å². The first-order chi connectivity index (χ1) is 9.70. The SMILES string of the molecule is CCOC(=O)[C@@H]1C=C2c3ccccc3CC[C@H]2N(C)C1. The molecule has 0 N–H and O–H groups in total. The number of benzene rings is 1. The molecule has 3 rings (SSSR count). The van der Waals surface area contributed by atoms with Crippen LogP contribution in [-0.2, 0) is 16.0 Å². The van der Waals surface area contributed by atoms with E-state index in [1.54, 1.807) is 0 Å². The van der Waals surface area contributed by atoms with E-state index >= 15 is 0 Å². The second-order valence-corrected chi connectivity index (χ2v) is 5.63. The second kappa shape index (κ2) is 5.41. The number of esters is 1. The zero-order valence-corrected chi connectivity index (χ0v) is 12.1. The van der Waals surface area contributed by atoms with Gasteiger partial charge in [0.1, 0.15) is 0 Å². The summed E-state index contributed by atoms with van der Waals surface area (Å²) in [6.45, 7) is 3.06. The van der Waals surface area contributed by atoms with Crippen LogP contribution >= 0.6 is 0 Å². The topological polar surface area (TPSA) is 29.5 Å². The van der Waals surface area contributed by atoms with Crippen LogP contribution in [0.4, 0.5) is 0 Å². The normalized spacial score (nSPS) is 25.4. The second-order valence-electron chi connectivity index (χ2n) is 5.63. The monoisotopic (exact) mass is 271 g/mol. The molecule has 1 aliphatic carbocycles. The summed E-state index contributed by atoms with van der Waals surface area (Å²) in [5.74, 6) is -0.245. The smallest absolute Gasteiger partial charge is 0.314 e. The maximum absolute atomic E-state index is 12.0. The number of hydrogen-bond donors (Lipinski definition) is 0. The Labute approximate surface area is 120 Å². The van der Waals surface area contributed by atoms with E-state index in [0.29, 0.717) is 12.6 Å². The third-order valence-corrected chi connectivity index (χ3v) is 4.36. The first kappa shape index (κ1) is 13.4. The summed E-state index contributed by atoms with van der Waals surface area (Å²) in [6.07, 6.45) is 4.39. The number of aryl methyl sites for hydroxylation is 1. The molecule has 1 aromatic carbocycles. The molecule has 0 spiro atoms. The van der Waals surface area contributed by atoms with Gasteiger partial charge in [0.25, 0.3) is 0 Å². The van der Waals surface area contributed by atoms with Crippen molar-refractivity contribution >= 4 is 11.5 Å². The van der Waals surface area contributed by atoms with Crippen molar-refractivity contribution in [1.82, 2.24) is 4.90 Å². The van der Waals surface area contributed by atoms with E-state index in [-0.39, 0.29) is 11.9 Å². The molecule has 3 heteroatoms. The van der Waals surface area contributed by atoms with Crippen LogP contribution in [0.2, 0.25) is 0 Å². The van der Waals surface area contributed by atoms with Crippen molar-refractivity contribution in [3.63, 3.8) is 0 Å². The van der Waals surface area contributed by atoms with Gasteiger partial charge in [-0.05, 0) is 43.5 Å². The maximum Gasteiger partial charge on any atom is 0.314 e. The molecule has 0 unspecified atom stereocenters. The highest BCUT2D eigenvalue weighted by atomic mass is 16.5. The van der Waals surface area contributed by atoms with Crippen molar-refractivity contribution in [2.24, 2.45) is 5.92 Å². The minimum Gasteiger partial charge on any atom is -0.466 e. The molecular weight excluding hydrogens is 250 g/mol. The van der Waals surface area contributed by atoms with E-state index in [0.717, 1.165) is 19.4 Å². The van der Waals surface area contributed by atoms with E-state index in [9.17, 15) is 4.79 Å². The average molecular weight is 271 g/mol. The van der Waals surface area contributed by atoms with E-state index in [4.69, 9.17) is 4.74 Å². The van der Waals surface area contributed by atoms with Gasteiger partial charge in [-0.1, -0.05) is 30.3 Å². The number of ether oxygens (including phenoxy) is 1. The molecule has 1 aliphatic heterocycles. The molecule has 2 aliphatic rings. The third-order valence-electron chi connectivity index (χ3n) is 4.36. The quantitative estimate of drug-likeness (QED) is 0.774. The van der Waals surface area contributed by atoms with Gasteiger partial charge >= 0.3 is 5.97 Å². The lowest BCUT2D eigenvalue weighted by Crippen LogP contribution is -2.44. The molecule has 106 valence electrons. The third kappa shape index (κ3) is 2.27. The van der Waals surface area contributed by atoms with Crippen LogP contribution in [0.25, 0.3) is 5.57 Å². The van der Waals surface area contributed by atoms with E-state index in [1.807, 2.05) is 6.92 Å². The molecule has 0 aromatic heterocycles. The predicted molar refractivity (Wildman–Crippen MR) is 79.3 cm³/mol. The molecule has 0 radical (unpaired) electrons. The fraction of sp³-hybridized carbons (Fsp3) is 0.471. The molecule has 0 bridgehead atoms. The van der Waals surface area contributed by atoms with Crippen molar-refractivity contribution in [2.45, 2.75) is 25.8 Å². The van der Waals surface area contributed by atoms with Gasteiger partial charge in [-0.3, -0.25) is 9.69 Å². The van der Waals surface area contributed by atoms with Gasteiger partial charge in [-0.2, -0.15) is 0 Å². The van der Waals surface area contributed by atoms with Crippen molar-refractivity contribution < 1.29 is 9.53 Å².